The molecule has 22 heavy (non-hydrogen) atoms. The summed E-state index contributed by atoms with van der Waals surface area (Å²) in [5.41, 5.74) is 1.05. The zero-order chi connectivity index (χ0) is 16.2. The highest BCUT2D eigenvalue weighted by Gasteiger charge is 2.07. The van der Waals surface area contributed by atoms with Gasteiger partial charge in [-0.1, -0.05) is 31.9 Å². The van der Waals surface area contributed by atoms with E-state index in [-0.39, 0.29) is 11.9 Å². The van der Waals surface area contributed by atoms with Crippen LogP contribution in [0.4, 0.5) is 0 Å². The molecule has 1 rings (SSSR count). The molecule has 0 amide bonds. The molecule has 0 N–H and O–H groups in total. The van der Waals surface area contributed by atoms with Crippen LogP contribution >= 0.6 is 0 Å². The molecule has 122 valence electrons. The van der Waals surface area contributed by atoms with Crippen molar-refractivity contribution >= 4 is 11.9 Å². The summed E-state index contributed by atoms with van der Waals surface area (Å²) < 4.78 is 10.3. The minimum Gasteiger partial charge on any atom is -0.466 e. The van der Waals surface area contributed by atoms with E-state index >= 15 is 0 Å². The molecule has 0 aliphatic carbocycles. The van der Waals surface area contributed by atoms with Gasteiger partial charge in [0.05, 0.1) is 6.61 Å². The fraction of sp³-hybridized carbons (Fsp3) is 0.556. The Morgan fingerprint density at radius 2 is 1.73 bits per heavy atom. The SMILES string of the molecule is CCCCCOC(=O)CCCCC(=O)Oc1cccc(C)c1. The summed E-state index contributed by atoms with van der Waals surface area (Å²) in [5.74, 6) is 0.130. The van der Waals surface area contributed by atoms with Crippen molar-refractivity contribution in [1.29, 1.82) is 0 Å². The van der Waals surface area contributed by atoms with Crippen LogP contribution in [-0.4, -0.2) is 18.5 Å². The first-order chi connectivity index (χ1) is 10.6. The van der Waals surface area contributed by atoms with Crippen molar-refractivity contribution in [3.05, 3.63) is 29.8 Å². The maximum atomic E-state index is 11.7. The number of unbranched alkanes of at least 4 members (excludes halogenated alkanes) is 3. The van der Waals surface area contributed by atoms with Crippen molar-refractivity contribution < 1.29 is 19.1 Å². The van der Waals surface area contributed by atoms with Crippen molar-refractivity contribution in [1.82, 2.24) is 0 Å². The maximum Gasteiger partial charge on any atom is 0.311 e. The van der Waals surface area contributed by atoms with Crippen LogP contribution in [0.15, 0.2) is 24.3 Å². The number of carbonyl (C=O) groups is 2. The van der Waals surface area contributed by atoms with E-state index in [1.54, 1.807) is 6.07 Å². The Morgan fingerprint density at radius 1 is 1.00 bits per heavy atom. The molecule has 4 heteroatoms. The molecule has 0 aromatic heterocycles. The van der Waals surface area contributed by atoms with Gasteiger partial charge in [0.2, 0.25) is 0 Å². The number of rotatable bonds is 10. The second kappa shape index (κ2) is 10.8. The number of hydrogen-bond donors (Lipinski definition) is 0. The maximum absolute atomic E-state index is 11.7. The van der Waals surface area contributed by atoms with Gasteiger partial charge >= 0.3 is 11.9 Å². The highest BCUT2D eigenvalue weighted by atomic mass is 16.5. The van der Waals surface area contributed by atoms with Crippen molar-refractivity contribution in [2.24, 2.45) is 0 Å². The quantitative estimate of drug-likeness (QED) is 0.369. The van der Waals surface area contributed by atoms with Gasteiger partial charge in [-0.3, -0.25) is 9.59 Å². The predicted molar refractivity (Wildman–Crippen MR) is 85.8 cm³/mol. The summed E-state index contributed by atoms with van der Waals surface area (Å²) in [7, 11) is 0. The van der Waals surface area contributed by atoms with Crippen molar-refractivity contribution in [2.45, 2.75) is 58.8 Å². The fourth-order valence-corrected chi connectivity index (χ4v) is 2.01. The van der Waals surface area contributed by atoms with Gasteiger partial charge in [-0.25, -0.2) is 0 Å². The summed E-state index contributed by atoms with van der Waals surface area (Å²) in [4.78, 5) is 23.1. The van der Waals surface area contributed by atoms with Crippen LogP contribution in [0.5, 0.6) is 5.75 Å². The van der Waals surface area contributed by atoms with E-state index in [0.717, 1.165) is 24.8 Å². The molecular formula is C18H26O4. The molecule has 0 bridgehead atoms. The van der Waals surface area contributed by atoms with Crippen LogP contribution in [0.25, 0.3) is 0 Å². The van der Waals surface area contributed by atoms with Crippen LogP contribution < -0.4 is 4.74 Å². The first kappa shape index (κ1) is 18.2. The van der Waals surface area contributed by atoms with Gasteiger partial charge in [0.15, 0.2) is 0 Å². The number of esters is 2. The second-order valence-electron chi connectivity index (χ2n) is 5.43. The third-order valence-electron chi connectivity index (χ3n) is 3.24. The molecule has 4 nitrogen and oxygen atoms in total. The smallest absolute Gasteiger partial charge is 0.311 e. The molecule has 0 radical (unpaired) electrons. The fourth-order valence-electron chi connectivity index (χ4n) is 2.01. The lowest BCUT2D eigenvalue weighted by Crippen LogP contribution is -2.09. The van der Waals surface area contributed by atoms with Gasteiger partial charge in [0.1, 0.15) is 5.75 Å². The minimum atomic E-state index is -0.262. The van der Waals surface area contributed by atoms with Gasteiger partial charge in [-0.2, -0.15) is 0 Å². The molecule has 0 atom stereocenters. The minimum absolute atomic E-state index is 0.178. The zero-order valence-corrected chi connectivity index (χ0v) is 13.6. The lowest BCUT2D eigenvalue weighted by molar-refractivity contribution is -0.144. The van der Waals surface area contributed by atoms with E-state index in [9.17, 15) is 9.59 Å². The molecule has 0 unspecified atom stereocenters. The van der Waals surface area contributed by atoms with Gasteiger partial charge < -0.3 is 9.47 Å². The number of benzene rings is 1. The van der Waals surface area contributed by atoms with Crippen LogP contribution in [0.3, 0.4) is 0 Å². The summed E-state index contributed by atoms with van der Waals surface area (Å²) in [6.07, 6.45) is 5.08. The number of hydrogen-bond acceptors (Lipinski definition) is 4. The van der Waals surface area contributed by atoms with E-state index in [4.69, 9.17) is 9.47 Å². The third kappa shape index (κ3) is 8.45. The van der Waals surface area contributed by atoms with Gasteiger partial charge in [0.25, 0.3) is 0 Å². The summed E-state index contributed by atoms with van der Waals surface area (Å²) in [5, 5.41) is 0. The van der Waals surface area contributed by atoms with E-state index in [0.29, 0.717) is 38.0 Å². The van der Waals surface area contributed by atoms with E-state index < -0.39 is 0 Å². The molecule has 0 spiro atoms. The van der Waals surface area contributed by atoms with Crippen molar-refractivity contribution in [2.75, 3.05) is 6.61 Å². The third-order valence-corrected chi connectivity index (χ3v) is 3.24. The summed E-state index contributed by atoms with van der Waals surface area (Å²) in [6, 6.07) is 7.39. The van der Waals surface area contributed by atoms with Gasteiger partial charge in [-0.05, 0) is 43.9 Å². The van der Waals surface area contributed by atoms with Crippen LogP contribution in [-0.2, 0) is 14.3 Å². The largest absolute Gasteiger partial charge is 0.466 e. The van der Waals surface area contributed by atoms with Crippen LogP contribution in [0.2, 0.25) is 0 Å². The number of carbonyl (C=O) groups excluding carboxylic acids is 2. The lowest BCUT2D eigenvalue weighted by Gasteiger charge is -2.06. The van der Waals surface area contributed by atoms with Gasteiger partial charge in [-0.15, -0.1) is 0 Å². The highest BCUT2D eigenvalue weighted by Crippen LogP contribution is 2.14. The van der Waals surface area contributed by atoms with E-state index in [1.807, 2.05) is 25.1 Å². The lowest BCUT2D eigenvalue weighted by atomic mass is 10.2. The Bertz CT molecular complexity index is 468. The first-order valence-corrected chi connectivity index (χ1v) is 8.04. The van der Waals surface area contributed by atoms with Crippen LogP contribution in [0.1, 0.15) is 57.4 Å². The molecule has 1 aromatic rings. The van der Waals surface area contributed by atoms with Gasteiger partial charge in [0, 0.05) is 12.8 Å². The Hall–Kier alpha value is -1.84. The molecule has 0 saturated carbocycles. The van der Waals surface area contributed by atoms with E-state index in [2.05, 4.69) is 6.92 Å². The molecular weight excluding hydrogens is 280 g/mol. The second-order valence-corrected chi connectivity index (χ2v) is 5.43. The first-order valence-electron chi connectivity index (χ1n) is 8.04. The Balaban J connectivity index is 2.08. The average Bonchev–Trinajstić information content (AvgIpc) is 2.48. The highest BCUT2D eigenvalue weighted by molar-refractivity contribution is 5.72. The molecule has 1 aromatic carbocycles. The Labute approximate surface area is 132 Å². The summed E-state index contributed by atoms with van der Waals surface area (Å²) >= 11 is 0. The Morgan fingerprint density at radius 3 is 2.41 bits per heavy atom. The standard InChI is InChI=1S/C18H26O4/c1-3-4-7-13-21-17(19)11-5-6-12-18(20)22-16-10-8-9-15(2)14-16/h8-10,14H,3-7,11-13H2,1-2H3. The molecule has 0 fully saturated rings. The molecule has 0 aliphatic heterocycles. The average molecular weight is 306 g/mol. The number of aryl methyl sites for hydroxylation is 1. The van der Waals surface area contributed by atoms with Crippen LogP contribution in [0, 0.1) is 6.92 Å². The molecule has 0 heterocycles. The molecule has 0 aliphatic rings. The molecule has 0 saturated heterocycles. The Kier molecular flexibility index (Phi) is 8.96. The monoisotopic (exact) mass is 306 g/mol. The van der Waals surface area contributed by atoms with Crippen molar-refractivity contribution in [3.63, 3.8) is 0 Å². The normalized spacial score (nSPS) is 10.3. The zero-order valence-electron chi connectivity index (χ0n) is 13.6. The van der Waals surface area contributed by atoms with E-state index in [1.165, 1.54) is 0 Å². The number of ether oxygens (including phenoxy) is 2. The summed E-state index contributed by atoms with van der Waals surface area (Å²) in [6.45, 7) is 4.56. The predicted octanol–water partition coefficient (Wildman–Crippen LogP) is 4.19. The van der Waals surface area contributed by atoms with Crippen molar-refractivity contribution in [3.8, 4) is 5.75 Å². The topological polar surface area (TPSA) is 52.6 Å².